The summed E-state index contributed by atoms with van der Waals surface area (Å²) < 4.78 is 0.626. The van der Waals surface area contributed by atoms with Crippen LogP contribution in [0.15, 0.2) is 29.3 Å². The summed E-state index contributed by atoms with van der Waals surface area (Å²) in [7, 11) is 0. The molecule has 5 nitrogen and oxygen atoms in total. The van der Waals surface area contributed by atoms with Gasteiger partial charge in [-0.1, -0.05) is 24.0 Å². The highest BCUT2D eigenvalue weighted by Crippen LogP contribution is 2.19. The summed E-state index contributed by atoms with van der Waals surface area (Å²) in [6.45, 7) is 0. The molecule has 2 rings (SSSR count). The zero-order valence-corrected chi connectivity index (χ0v) is 10.4. The normalized spacial score (nSPS) is 15.3. The van der Waals surface area contributed by atoms with Gasteiger partial charge in [0.05, 0.1) is 4.92 Å². The standard InChI is InChI=1S/C10H9N3O2S2/c14-13(15)8-3-1-7(2-4-8)11-9-5-6-17-10(16)12-9/h1-4H,5-6H2,(H,11,12,16). The van der Waals surface area contributed by atoms with Gasteiger partial charge in [-0.2, -0.15) is 0 Å². The van der Waals surface area contributed by atoms with E-state index in [0.717, 1.165) is 23.7 Å². The Bertz CT molecular complexity index is 485. The van der Waals surface area contributed by atoms with Crippen LogP contribution in [0, 0.1) is 10.1 Å². The summed E-state index contributed by atoms with van der Waals surface area (Å²) in [4.78, 5) is 14.3. The molecule has 1 heterocycles. The Morgan fingerprint density at radius 1 is 1.41 bits per heavy atom. The highest BCUT2D eigenvalue weighted by atomic mass is 32.2. The molecule has 17 heavy (non-hydrogen) atoms. The van der Waals surface area contributed by atoms with Crippen LogP contribution < -0.4 is 5.32 Å². The number of nitrogens with zero attached hydrogens (tertiary/aromatic N) is 2. The summed E-state index contributed by atoms with van der Waals surface area (Å²) in [5.74, 6) is 1.72. The number of hydrogen-bond donors (Lipinski definition) is 1. The first-order valence-electron chi connectivity index (χ1n) is 4.91. The van der Waals surface area contributed by atoms with E-state index in [1.807, 2.05) is 0 Å². The van der Waals surface area contributed by atoms with Crippen molar-refractivity contribution in [3.05, 3.63) is 34.4 Å². The first-order chi connectivity index (χ1) is 8.15. The molecule has 1 aromatic carbocycles. The molecule has 0 amide bonds. The number of amidine groups is 1. The Balaban J connectivity index is 2.08. The minimum Gasteiger partial charge on any atom is -0.344 e. The van der Waals surface area contributed by atoms with E-state index in [4.69, 9.17) is 12.2 Å². The SMILES string of the molecule is O=[N+]([O-])c1ccc(NC2=NC(=S)SCC2)cc1. The Hall–Kier alpha value is -1.47. The van der Waals surface area contributed by atoms with Crippen molar-refractivity contribution in [1.82, 2.24) is 0 Å². The monoisotopic (exact) mass is 267 g/mol. The lowest BCUT2D eigenvalue weighted by atomic mass is 10.2. The summed E-state index contributed by atoms with van der Waals surface area (Å²) in [5, 5.41) is 13.6. The Morgan fingerprint density at radius 3 is 2.71 bits per heavy atom. The van der Waals surface area contributed by atoms with Crippen LogP contribution in [0.1, 0.15) is 6.42 Å². The van der Waals surface area contributed by atoms with E-state index >= 15 is 0 Å². The Labute approximate surface area is 107 Å². The molecule has 0 saturated heterocycles. The number of nitrogens with one attached hydrogen (secondary N) is 1. The molecule has 7 heteroatoms. The second-order valence-electron chi connectivity index (χ2n) is 3.35. The van der Waals surface area contributed by atoms with E-state index < -0.39 is 4.92 Å². The molecule has 0 radical (unpaired) electrons. The van der Waals surface area contributed by atoms with Crippen molar-refractivity contribution >= 4 is 45.5 Å². The van der Waals surface area contributed by atoms with Gasteiger partial charge in [0.15, 0.2) is 4.32 Å². The van der Waals surface area contributed by atoms with Crippen LogP contribution in [0.2, 0.25) is 0 Å². The topological polar surface area (TPSA) is 67.5 Å². The van der Waals surface area contributed by atoms with Gasteiger partial charge in [0.25, 0.3) is 5.69 Å². The first-order valence-corrected chi connectivity index (χ1v) is 6.30. The number of hydrogen-bond acceptors (Lipinski definition) is 5. The largest absolute Gasteiger partial charge is 0.344 e. The number of benzene rings is 1. The van der Waals surface area contributed by atoms with E-state index in [2.05, 4.69) is 10.3 Å². The Kier molecular flexibility index (Phi) is 3.70. The molecule has 1 aliphatic rings. The van der Waals surface area contributed by atoms with Gasteiger partial charge in [0.1, 0.15) is 5.84 Å². The zero-order valence-electron chi connectivity index (χ0n) is 8.75. The quantitative estimate of drug-likeness (QED) is 0.507. The van der Waals surface area contributed by atoms with Crippen molar-refractivity contribution in [2.75, 3.05) is 11.1 Å². The average Bonchev–Trinajstić information content (AvgIpc) is 2.29. The zero-order chi connectivity index (χ0) is 12.3. The van der Waals surface area contributed by atoms with Crippen molar-refractivity contribution in [2.24, 2.45) is 4.99 Å². The molecule has 0 saturated carbocycles. The van der Waals surface area contributed by atoms with E-state index in [-0.39, 0.29) is 5.69 Å². The number of thioether (sulfide) groups is 1. The van der Waals surface area contributed by atoms with Crippen molar-refractivity contribution < 1.29 is 4.92 Å². The summed E-state index contributed by atoms with van der Waals surface area (Å²) in [5.41, 5.74) is 0.858. The third-order valence-electron chi connectivity index (χ3n) is 2.16. The fourth-order valence-electron chi connectivity index (χ4n) is 1.36. The van der Waals surface area contributed by atoms with Crippen LogP contribution in [-0.2, 0) is 0 Å². The van der Waals surface area contributed by atoms with Gasteiger partial charge < -0.3 is 5.32 Å². The van der Waals surface area contributed by atoms with Gasteiger partial charge in [-0.3, -0.25) is 10.1 Å². The van der Waals surface area contributed by atoms with Gasteiger partial charge >= 0.3 is 0 Å². The fraction of sp³-hybridized carbons (Fsp3) is 0.200. The fourth-order valence-corrected chi connectivity index (χ4v) is 2.36. The summed E-state index contributed by atoms with van der Waals surface area (Å²) in [6.07, 6.45) is 0.821. The Morgan fingerprint density at radius 2 is 2.12 bits per heavy atom. The molecule has 0 aromatic heterocycles. The molecular weight excluding hydrogens is 258 g/mol. The first kappa shape index (κ1) is 12.0. The van der Waals surface area contributed by atoms with Crippen LogP contribution in [0.5, 0.6) is 0 Å². The lowest BCUT2D eigenvalue weighted by Gasteiger charge is -2.13. The molecule has 1 aliphatic heterocycles. The summed E-state index contributed by atoms with van der Waals surface area (Å²) in [6, 6.07) is 6.23. The number of nitro groups is 1. The minimum atomic E-state index is -0.423. The lowest BCUT2D eigenvalue weighted by Crippen LogP contribution is -2.17. The van der Waals surface area contributed by atoms with Gasteiger partial charge in [-0.15, -0.1) is 0 Å². The maximum absolute atomic E-state index is 10.5. The third-order valence-corrected chi connectivity index (χ3v) is 3.35. The summed E-state index contributed by atoms with van der Waals surface area (Å²) >= 11 is 6.55. The predicted molar refractivity (Wildman–Crippen MR) is 73.8 cm³/mol. The highest BCUT2D eigenvalue weighted by Gasteiger charge is 2.10. The maximum Gasteiger partial charge on any atom is 0.269 e. The molecule has 0 spiro atoms. The molecule has 1 N–H and O–H groups in total. The van der Waals surface area contributed by atoms with Crippen molar-refractivity contribution in [1.29, 1.82) is 0 Å². The number of anilines is 1. The number of aliphatic imine (C=N–C) groups is 1. The minimum absolute atomic E-state index is 0.0761. The van der Waals surface area contributed by atoms with Gasteiger partial charge in [0.2, 0.25) is 0 Å². The van der Waals surface area contributed by atoms with E-state index in [1.54, 1.807) is 23.9 Å². The molecule has 0 aliphatic carbocycles. The van der Waals surface area contributed by atoms with Crippen LogP contribution in [0.25, 0.3) is 0 Å². The van der Waals surface area contributed by atoms with E-state index in [0.29, 0.717) is 4.32 Å². The molecule has 1 aromatic rings. The second kappa shape index (κ2) is 5.24. The molecule has 0 atom stereocenters. The maximum atomic E-state index is 10.5. The number of non-ortho nitro benzene ring substituents is 1. The second-order valence-corrected chi connectivity index (χ2v) is 5.08. The van der Waals surface area contributed by atoms with Gasteiger partial charge in [0, 0.05) is 30.0 Å². The highest BCUT2D eigenvalue weighted by molar-refractivity contribution is 8.23. The van der Waals surface area contributed by atoms with Crippen LogP contribution in [-0.4, -0.2) is 20.8 Å². The van der Waals surface area contributed by atoms with Crippen molar-refractivity contribution in [3.63, 3.8) is 0 Å². The van der Waals surface area contributed by atoms with Gasteiger partial charge in [-0.25, -0.2) is 4.99 Å². The van der Waals surface area contributed by atoms with E-state index in [9.17, 15) is 10.1 Å². The molecule has 0 fully saturated rings. The number of thiocarbonyl (C=S) groups is 1. The molecule has 0 unspecified atom stereocenters. The van der Waals surface area contributed by atoms with Crippen LogP contribution >= 0.6 is 24.0 Å². The van der Waals surface area contributed by atoms with Gasteiger partial charge in [-0.05, 0) is 12.1 Å². The van der Waals surface area contributed by atoms with Crippen molar-refractivity contribution in [3.8, 4) is 0 Å². The molecular formula is C10H9N3O2S2. The predicted octanol–water partition coefficient (Wildman–Crippen LogP) is 2.83. The lowest BCUT2D eigenvalue weighted by molar-refractivity contribution is -0.384. The number of rotatable bonds is 2. The molecule has 0 bridgehead atoms. The van der Waals surface area contributed by atoms with Crippen molar-refractivity contribution in [2.45, 2.75) is 6.42 Å². The third kappa shape index (κ3) is 3.24. The molecule has 88 valence electrons. The van der Waals surface area contributed by atoms with E-state index in [1.165, 1.54) is 12.1 Å². The number of nitro benzene ring substituents is 1. The van der Waals surface area contributed by atoms with Crippen LogP contribution in [0.4, 0.5) is 11.4 Å². The van der Waals surface area contributed by atoms with Crippen LogP contribution in [0.3, 0.4) is 0 Å². The average molecular weight is 267 g/mol. The smallest absolute Gasteiger partial charge is 0.269 e.